The largest absolute Gasteiger partial charge is 0.496 e. The molecule has 1 aromatic carbocycles. The first-order valence-electron chi connectivity index (χ1n) is 8.57. The van der Waals surface area contributed by atoms with Crippen LogP contribution in [-0.4, -0.2) is 55.4 Å². The number of carbonyl (C=O) groups excluding carboxylic acids is 1. The van der Waals surface area contributed by atoms with Crippen LogP contribution in [0.4, 0.5) is 0 Å². The summed E-state index contributed by atoms with van der Waals surface area (Å²) in [6.45, 7) is 2.58. The van der Waals surface area contributed by atoms with Crippen molar-refractivity contribution < 1.29 is 14.3 Å². The van der Waals surface area contributed by atoms with E-state index in [2.05, 4.69) is 36.3 Å². The molecule has 1 N–H and O–H groups in total. The van der Waals surface area contributed by atoms with Crippen LogP contribution in [-0.2, 0) is 9.53 Å². The van der Waals surface area contributed by atoms with Crippen LogP contribution in [0.25, 0.3) is 0 Å². The molecule has 3 rings (SSSR count). The van der Waals surface area contributed by atoms with E-state index < -0.39 is 6.04 Å². The smallest absolute Gasteiger partial charge is 0.262 e. The summed E-state index contributed by atoms with van der Waals surface area (Å²) in [6.07, 6.45) is 4.95. The molecule has 1 saturated heterocycles. The molecule has 1 fully saturated rings. The van der Waals surface area contributed by atoms with E-state index in [0.717, 1.165) is 15.6 Å². The summed E-state index contributed by atoms with van der Waals surface area (Å²) in [5.74, 6) is 0.475. The Labute approximate surface area is 166 Å². The Morgan fingerprint density at radius 2 is 2.07 bits per heavy atom. The number of amides is 1. The highest BCUT2D eigenvalue weighted by Crippen LogP contribution is 2.23. The lowest BCUT2D eigenvalue weighted by molar-refractivity contribution is -0.128. The van der Waals surface area contributed by atoms with Gasteiger partial charge in [0.05, 0.1) is 26.5 Å². The van der Waals surface area contributed by atoms with E-state index in [9.17, 15) is 4.79 Å². The van der Waals surface area contributed by atoms with Crippen LogP contribution in [0.3, 0.4) is 0 Å². The molecule has 2 aromatic rings. The van der Waals surface area contributed by atoms with Crippen LogP contribution in [0.1, 0.15) is 17.2 Å². The highest BCUT2D eigenvalue weighted by atomic mass is 79.9. The third-order valence-corrected chi connectivity index (χ3v) is 4.74. The summed E-state index contributed by atoms with van der Waals surface area (Å²) in [4.78, 5) is 19.0. The molecular weight excluding hydrogens is 412 g/mol. The molecule has 1 aromatic heterocycles. The molecule has 142 valence electrons. The fraction of sp³-hybridized carbons (Fsp3) is 0.316. The Hall–Kier alpha value is -2.29. The van der Waals surface area contributed by atoms with Crippen LogP contribution >= 0.6 is 15.9 Å². The third kappa shape index (κ3) is 5.12. The third-order valence-electron chi connectivity index (χ3n) is 4.25. The van der Waals surface area contributed by atoms with Crippen LogP contribution in [0, 0.1) is 0 Å². The predicted octanol–water partition coefficient (Wildman–Crippen LogP) is 2.38. The molecule has 0 radical (unpaired) electrons. The second-order valence-corrected chi connectivity index (χ2v) is 6.87. The predicted molar refractivity (Wildman–Crippen MR) is 106 cm³/mol. The molecule has 2 heterocycles. The van der Waals surface area contributed by atoms with E-state index in [1.807, 2.05) is 30.3 Å². The minimum atomic E-state index is -0.446. The van der Waals surface area contributed by atoms with Crippen molar-refractivity contribution in [2.75, 3.05) is 33.4 Å². The first-order chi connectivity index (χ1) is 13.2. The van der Waals surface area contributed by atoms with Gasteiger partial charge in [0.15, 0.2) is 0 Å². The van der Waals surface area contributed by atoms with E-state index in [4.69, 9.17) is 9.47 Å². The number of benzene rings is 1. The summed E-state index contributed by atoms with van der Waals surface area (Å²) < 4.78 is 11.6. The minimum Gasteiger partial charge on any atom is -0.496 e. The lowest BCUT2D eigenvalue weighted by Gasteiger charge is -2.33. The number of pyridine rings is 1. The van der Waals surface area contributed by atoms with Gasteiger partial charge in [0.1, 0.15) is 11.8 Å². The van der Waals surface area contributed by atoms with Crippen LogP contribution < -0.4 is 10.2 Å². The number of methoxy groups -OCH3 is 1. The molecule has 0 saturated carbocycles. The first kappa shape index (κ1) is 19.5. The number of aromatic nitrogens is 1. The monoisotopic (exact) mass is 432 g/mol. The molecule has 1 amide bonds. The van der Waals surface area contributed by atoms with Crippen molar-refractivity contribution in [3.05, 3.63) is 58.3 Å². The number of ether oxygens (including phenoxy) is 2. The van der Waals surface area contributed by atoms with E-state index in [1.165, 1.54) is 0 Å². The highest BCUT2D eigenvalue weighted by Gasteiger charge is 2.28. The van der Waals surface area contributed by atoms with Crippen molar-refractivity contribution in [1.29, 1.82) is 0 Å². The van der Waals surface area contributed by atoms with Crippen molar-refractivity contribution in [1.82, 2.24) is 15.3 Å². The van der Waals surface area contributed by atoms with Crippen molar-refractivity contribution >= 4 is 28.1 Å². The normalized spacial score (nSPS) is 16.2. The average Bonchev–Trinajstić information content (AvgIpc) is 2.70. The van der Waals surface area contributed by atoms with Crippen molar-refractivity contribution in [2.45, 2.75) is 6.04 Å². The van der Waals surface area contributed by atoms with Gasteiger partial charge < -0.3 is 9.47 Å². The lowest BCUT2D eigenvalue weighted by Crippen LogP contribution is -2.44. The number of hydrogen-bond acceptors (Lipinski definition) is 6. The molecule has 0 bridgehead atoms. The highest BCUT2D eigenvalue weighted by molar-refractivity contribution is 9.10. The Balaban J connectivity index is 1.76. The van der Waals surface area contributed by atoms with Gasteiger partial charge in [0.2, 0.25) is 0 Å². The zero-order valence-electron chi connectivity index (χ0n) is 15.0. The Bertz CT molecular complexity index is 795. The number of halogens is 1. The summed E-state index contributed by atoms with van der Waals surface area (Å²) in [5, 5.41) is 4.13. The minimum absolute atomic E-state index is 0.201. The van der Waals surface area contributed by atoms with Gasteiger partial charge in [0.25, 0.3) is 5.91 Å². The number of hydrogen-bond donors (Lipinski definition) is 1. The summed E-state index contributed by atoms with van der Waals surface area (Å²) in [7, 11) is 1.59. The van der Waals surface area contributed by atoms with Gasteiger partial charge in [-0.1, -0.05) is 15.9 Å². The van der Waals surface area contributed by atoms with Crippen LogP contribution in [0.5, 0.6) is 5.75 Å². The van der Waals surface area contributed by atoms with Gasteiger partial charge in [0, 0.05) is 35.5 Å². The molecule has 1 atom stereocenters. The summed E-state index contributed by atoms with van der Waals surface area (Å²) in [6, 6.07) is 8.84. The van der Waals surface area contributed by atoms with Gasteiger partial charge in [-0.15, -0.1) is 0 Å². The van der Waals surface area contributed by atoms with Gasteiger partial charge in [-0.3, -0.25) is 14.7 Å². The standard InChI is InChI=1S/C19H21BrN4O3/c1-26-17-3-2-16(20)12-15(17)13-22-23-19(25)18(14-4-6-21-7-5-14)24-8-10-27-11-9-24/h2-7,12-13,18H,8-11H2,1H3,(H,23,25). The van der Waals surface area contributed by atoms with Crippen molar-refractivity contribution in [3.63, 3.8) is 0 Å². The molecule has 1 unspecified atom stereocenters. The summed E-state index contributed by atoms with van der Waals surface area (Å²) >= 11 is 3.42. The number of hydrazone groups is 1. The number of morpholine rings is 1. The molecule has 1 aliphatic heterocycles. The van der Waals surface area contributed by atoms with E-state index in [-0.39, 0.29) is 5.91 Å². The second kappa shape index (κ2) is 9.59. The molecule has 27 heavy (non-hydrogen) atoms. The average molecular weight is 433 g/mol. The van der Waals surface area contributed by atoms with E-state index >= 15 is 0 Å². The lowest BCUT2D eigenvalue weighted by atomic mass is 10.1. The number of rotatable bonds is 6. The molecule has 1 aliphatic rings. The van der Waals surface area contributed by atoms with E-state index in [0.29, 0.717) is 32.1 Å². The molecule has 7 nitrogen and oxygen atoms in total. The van der Waals surface area contributed by atoms with Gasteiger partial charge in [-0.2, -0.15) is 5.10 Å². The SMILES string of the molecule is COc1ccc(Br)cc1C=NNC(=O)C(c1ccncc1)N1CCOCC1. The molecular formula is C19H21BrN4O3. The zero-order valence-corrected chi connectivity index (χ0v) is 16.6. The molecule has 0 spiro atoms. The Morgan fingerprint density at radius 3 is 2.78 bits per heavy atom. The molecule has 8 heteroatoms. The maximum absolute atomic E-state index is 12.9. The fourth-order valence-corrected chi connectivity index (χ4v) is 3.32. The second-order valence-electron chi connectivity index (χ2n) is 5.95. The van der Waals surface area contributed by atoms with Crippen molar-refractivity contribution in [3.8, 4) is 5.75 Å². The van der Waals surface area contributed by atoms with Gasteiger partial charge in [-0.05, 0) is 35.9 Å². The Kier molecular flexibility index (Phi) is 6.92. The quantitative estimate of drug-likeness (QED) is 0.559. The first-order valence-corrected chi connectivity index (χ1v) is 9.36. The number of carbonyl (C=O) groups is 1. The topological polar surface area (TPSA) is 76.0 Å². The maximum atomic E-state index is 12.9. The van der Waals surface area contributed by atoms with Gasteiger partial charge in [-0.25, -0.2) is 5.43 Å². The van der Waals surface area contributed by atoms with Crippen LogP contribution in [0.2, 0.25) is 0 Å². The zero-order chi connectivity index (χ0) is 19.1. The number of nitrogens with one attached hydrogen (secondary N) is 1. The number of nitrogens with zero attached hydrogens (tertiary/aromatic N) is 3. The Morgan fingerprint density at radius 1 is 1.33 bits per heavy atom. The van der Waals surface area contributed by atoms with E-state index in [1.54, 1.807) is 25.7 Å². The van der Waals surface area contributed by atoms with Crippen LogP contribution in [0.15, 0.2) is 52.3 Å². The fourth-order valence-electron chi connectivity index (χ4n) is 2.94. The van der Waals surface area contributed by atoms with Gasteiger partial charge >= 0.3 is 0 Å². The van der Waals surface area contributed by atoms with Crippen molar-refractivity contribution in [2.24, 2.45) is 5.10 Å². The maximum Gasteiger partial charge on any atom is 0.262 e. The molecule has 0 aliphatic carbocycles. The summed E-state index contributed by atoms with van der Waals surface area (Å²) in [5.41, 5.74) is 4.29.